The van der Waals surface area contributed by atoms with Gasteiger partial charge in [-0.05, 0) is 51.5 Å². The molecule has 0 spiro atoms. The van der Waals surface area contributed by atoms with Crippen LogP contribution in [0.3, 0.4) is 0 Å². The molecule has 1 aromatic heterocycles. The molecule has 1 aromatic carbocycles. The summed E-state index contributed by atoms with van der Waals surface area (Å²) in [5.74, 6) is -1.35. The molecule has 0 unspecified atom stereocenters. The second-order valence-electron chi connectivity index (χ2n) is 3.98. The molecule has 8 heteroatoms. The van der Waals surface area contributed by atoms with E-state index >= 15 is 0 Å². The molecule has 0 atom stereocenters. The molecule has 0 saturated heterocycles. The van der Waals surface area contributed by atoms with E-state index in [9.17, 15) is 17.2 Å². The molecule has 0 aliphatic heterocycles. The van der Waals surface area contributed by atoms with E-state index in [-0.39, 0.29) is 17.2 Å². The largest absolute Gasteiger partial charge is 0.251 e. The Morgan fingerprint density at radius 1 is 1.20 bits per heavy atom. The molecule has 2 rings (SSSR count). The minimum absolute atomic E-state index is 0.0650. The van der Waals surface area contributed by atoms with E-state index < -0.39 is 21.7 Å². The van der Waals surface area contributed by atoms with Crippen molar-refractivity contribution in [2.45, 2.75) is 10.6 Å². The zero-order chi connectivity index (χ0) is 14.8. The second-order valence-corrected chi connectivity index (χ2v) is 7.71. The summed E-state index contributed by atoms with van der Waals surface area (Å²) in [6.45, 7) is 0.0650. The Balaban J connectivity index is 2.01. The summed E-state index contributed by atoms with van der Waals surface area (Å²) in [5.41, 5.74) is 0.399. The van der Waals surface area contributed by atoms with E-state index in [0.717, 1.165) is 17.4 Å². The number of thiophene rings is 1. The molecule has 0 aliphatic rings. The van der Waals surface area contributed by atoms with E-state index in [2.05, 4.69) is 20.7 Å². The van der Waals surface area contributed by atoms with Gasteiger partial charge in [-0.2, -0.15) is 0 Å². The van der Waals surface area contributed by atoms with E-state index in [1.165, 1.54) is 12.1 Å². The number of hydrogen-bond donors (Lipinski definition) is 1. The number of rotatable bonds is 5. The van der Waals surface area contributed by atoms with Gasteiger partial charge in [-0.25, -0.2) is 21.9 Å². The fourth-order valence-corrected chi connectivity index (χ4v) is 5.03. The predicted molar refractivity (Wildman–Crippen MR) is 77.3 cm³/mol. The smallest absolute Gasteiger partial charge is 0.210 e. The molecule has 2 aromatic rings. The Kier molecular flexibility index (Phi) is 4.90. The first-order valence-corrected chi connectivity index (χ1v) is 8.72. The van der Waals surface area contributed by atoms with Crippen LogP contribution in [0.2, 0.25) is 0 Å². The highest BCUT2D eigenvalue weighted by molar-refractivity contribution is 9.10. The van der Waals surface area contributed by atoms with Crippen LogP contribution in [-0.4, -0.2) is 15.0 Å². The van der Waals surface area contributed by atoms with Gasteiger partial charge in [-0.3, -0.25) is 0 Å². The van der Waals surface area contributed by atoms with E-state index in [0.29, 0.717) is 10.0 Å². The topological polar surface area (TPSA) is 46.2 Å². The van der Waals surface area contributed by atoms with Gasteiger partial charge in [0, 0.05) is 17.1 Å². The van der Waals surface area contributed by atoms with Gasteiger partial charge >= 0.3 is 0 Å². The van der Waals surface area contributed by atoms with Gasteiger partial charge in [0.15, 0.2) is 0 Å². The van der Waals surface area contributed by atoms with E-state index in [1.54, 1.807) is 11.4 Å². The highest BCUT2D eigenvalue weighted by atomic mass is 79.9. The number of benzene rings is 1. The lowest BCUT2D eigenvalue weighted by Crippen LogP contribution is -2.25. The Morgan fingerprint density at radius 2 is 1.85 bits per heavy atom. The van der Waals surface area contributed by atoms with Gasteiger partial charge in [0.05, 0.1) is 0 Å². The van der Waals surface area contributed by atoms with Gasteiger partial charge in [-0.1, -0.05) is 0 Å². The van der Waals surface area contributed by atoms with E-state index in [1.807, 2.05) is 0 Å². The molecule has 3 nitrogen and oxygen atoms in total. The van der Waals surface area contributed by atoms with Crippen LogP contribution in [0.4, 0.5) is 8.78 Å². The van der Waals surface area contributed by atoms with Crippen molar-refractivity contribution in [3.8, 4) is 0 Å². The highest BCUT2D eigenvalue weighted by Gasteiger charge is 2.18. The summed E-state index contributed by atoms with van der Waals surface area (Å²) >= 11 is 4.24. The first kappa shape index (κ1) is 15.6. The Bertz CT molecular complexity index is 696. The van der Waals surface area contributed by atoms with Crippen molar-refractivity contribution in [2.75, 3.05) is 6.54 Å². The van der Waals surface area contributed by atoms with Gasteiger partial charge in [-0.15, -0.1) is 11.3 Å². The van der Waals surface area contributed by atoms with Crippen molar-refractivity contribution < 1.29 is 17.2 Å². The fraction of sp³-hybridized carbons (Fsp3) is 0.167. The molecule has 108 valence electrons. The summed E-state index contributed by atoms with van der Waals surface area (Å²) in [7, 11) is -3.60. The molecule has 0 saturated carbocycles. The number of nitrogens with one attached hydrogen (secondary N) is 1. The quantitative estimate of drug-likeness (QED) is 0.863. The summed E-state index contributed by atoms with van der Waals surface area (Å²) in [6.07, 6.45) is 0.205. The van der Waals surface area contributed by atoms with Crippen LogP contribution in [0.15, 0.2) is 38.3 Å². The van der Waals surface area contributed by atoms with Crippen molar-refractivity contribution >= 4 is 37.3 Å². The average Bonchev–Trinajstić information content (AvgIpc) is 2.74. The molecule has 1 N–H and O–H groups in total. The second kappa shape index (κ2) is 6.30. The number of hydrogen-bond acceptors (Lipinski definition) is 3. The zero-order valence-corrected chi connectivity index (χ0v) is 13.3. The molecule has 0 aliphatic carbocycles. The minimum atomic E-state index is -3.60. The first-order chi connectivity index (χ1) is 9.38. The average molecular weight is 382 g/mol. The SMILES string of the molecule is O=S(=O)(NCCc1cc(F)cc(F)c1)c1sccc1Br. The zero-order valence-electron chi connectivity index (χ0n) is 10.1. The minimum Gasteiger partial charge on any atom is -0.210 e. The summed E-state index contributed by atoms with van der Waals surface area (Å²) in [4.78, 5) is 0. The van der Waals surface area contributed by atoms with Gasteiger partial charge in [0.25, 0.3) is 10.0 Å². The molecule has 20 heavy (non-hydrogen) atoms. The van der Waals surface area contributed by atoms with Crippen LogP contribution in [0.5, 0.6) is 0 Å². The van der Waals surface area contributed by atoms with Crippen LogP contribution in [0.1, 0.15) is 5.56 Å². The Hall–Kier alpha value is -0.830. The summed E-state index contributed by atoms with van der Waals surface area (Å²) in [5, 5.41) is 1.65. The summed E-state index contributed by atoms with van der Waals surface area (Å²) < 4.78 is 53.0. The van der Waals surface area contributed by atoms with Crippen LogP contribution in [0.25, 0.3) is 0 Å². The van der Waals surface area contributed by atoms with Gasteiger partial charge in [0.1, 0.15) is 15.8 Å². The van der Waals surface area contributed by atoms with Crippen molar-refractivity contribution in [1.29, 1.82) is 0 Å². The van der Waals surface area contributed by atoms with Crippen LogP contribution >= 0.6 is 27.3 Å². The standard InChI is InChI=1S/C12H10BrF2NO2S2/c13-11-2-4-19-12(11)20(17,18)16-3-1-8-5-9(14)7-10(15)6-8/h2,4-7,16H,1,3H2. The van der Waals surface area contributed by atoms with Crippen molar-refractivity contribution in [3.05, 3.63) is 51.3 Å². The molecule has 0 bridgehead atoms. The maximum atomic E-state index is 13.0. The maximum absolute atomic E-state index is 13.0. The van der Waals surface area contributed by atoms with Crippen LogP contribution < -0.4 is 4.72 Å². The third-order valence-electron chi connectivity index (χ3n) is 2.46. The van der Waals surface area contributed by atoms with Gasteiger partial charge < -0.3 is 0 Å². The van der Waals surface area contributed by atoms with Crippen LogP contribution in [-0.2, 0) is 16.4 Å². The first-order valence-electron chi connectivity index (χ1n) is 5.56. The maximum Gasteiger partial charge on any atom is 0.251 e. The van der Waals surface area contributed by atoms with Crippen LogP contribution in [0, 0.1) is 11.6 Å². The summed E-state index contributed by atoms with van der Waals surface area (Å²) in [6, 6.07) is 4.77. The fourth-order valence-electron chi connectivity index (χ4n) is 1.62. The number of sulfonamides is 1. The molecule has 0 fully saturated rings. The van der Waals surface area contributed by atoms with Crippen molar-refractivity contribution in [3.63, 3.8) is 0 Å². The molecular formula is C12H10BrF2NO2S2. The Morgan fingerprint density at radius 3 is 2.40 bits per heavy atom. The third-order valence-corrected chi connectivity index (χ3v) is 6.59. The van der Waals surface area contributed by atoms with E-state index in [4.69, 9.17) is 0 Å². The molecule has 0 amide bonds. The third kappa shape index (κ3) is 3.85. The Labute approximate surface area is 127 Å². The molecule has 0 radical (unpaired) electrons. The molecular weight excluding hydrogens is 372 g/mol. The number of halogens is 3. The van der Waals surface area contributed by atoms with Crippen molar-refractivity contribution in [1.82, 2.24) is 4.72 Å². The monoisotopic (exact) mass is 381 g/mol. The highest BCUT2D eigenvalue weighted by Crippen LogP contribution is 2.27. The normalized spacial score (nSPS) is 11.8. The predicted octanol–water partition coefficient (Wildman–Crippen LogP) is 3.31. The van der Waals surface area contributed by atoms with Gasteiger partial charge in [0.2, 0.25) is 0 Å². The van der Waals surface area contributed by atoms with Crippen molar-refractivity contribution in [2.24, 2.45) is 0 Å². The molecule has 1 heterocycles. The lowest BCUT2D eigenvalue weighted by molar-refractivity contribution is 0.577. The lowest BCUT2D eigenvalue weighted by atomic mass is 10.1. The lowest BCUT2D eigenvalue weighted by Gasteiger charge is -2.06.